The summed E-state index contributed by atoms with van der Waals surface area (Å²) in [7, 11) is 0. The molecule has 0 spiro atoms. The number of carbonyl (C=O) groups is 2. The van der Waals surface area contributed by atoms with E-state index in [0.29, 0.717) is 0 Å². The van der Waals surface area contributed by atoms with Gasteiger partial charge in [0.2, 0.25) is 5.91 Å². The molecule has 1 atom stereocenters. The van der Waals surface area contributed by atoms with Gasteiger partial charge in [0.05, 0.1) is 0 Å². The zero-order valence-electron chi connectivity index (χ0n) is 10.0. The van der Waals surface area contributed by atoms with E-state index < -0.39 is 12.0 Å². The number of hydrogen-bond acceptors (Lipinski definition) is 3. The Hall–Kier alpha value is -1.85. The molecular formula is C11H17N3O3. The SMILES string of the molecule is CCCn1nccc1CC(NC(C)=O)C(=O)O. The lowest BCUT2D eigenvalue weighted by molar-refractivity contribution is -0.141. The lowest BCUT2D eigenvalue weighted by atomic mass is 10.1. The van der Waals surface area contributed by atoms with Crippen LogP contribution >= 0.6 is 0 Å². The zero-order chi connectivity index (χ0) is 12.8. The van der Waals surface area contributed by atoms with Gasteiger partial charge in [0.25, 0.3) is 0 Å². The number of aromatic nitrogens is 2. The number of carbonyl (C=O) groups excluding carboxylic acids is 1. The third kappa shape index (κ3) is 3.90. The van der Waals surface area contributed by atoms with E-state index in [2.05, 4.69) is 10.4 Å². The number of nitrogens with zero attached hydrogens (tertiary/aromatic N) is 2. The largest absolute Gasteiger partial charge is 0.480 e. The quantitative estimate of drug-likeness (QED) is 0.753. The zero-order valence-corrected chi connectivity index (χ0v) is 10.0. The van der Waals surface area contributed by atoms with Crippen LogP contribution in [0.5, 0.6) is 0 Å². The molecule has 1 aromatic heterocycles. The predicted octanol–water partition coefficient (Wildman–Crippen LogP) is 0.425. The second kappa shape index (κ2) is 6.03. The number of amides is 1. The molecule has 0 aromatic carbocycles. The van der Waals surface area contributed by atoms with Crippen LogP contribution in [0.25, 0.3) is 0 Å². The Morgan fingerprint density at radius 1 is 1.59 bits per heavy atom. The Morgan fingerprint density at radius 2 is 2.29 bits per heavy atom. The molecular weight excluding hydrogens is 222 g/mol. The third-order valence-corrected chi connectivity index (χ3v) is 2.33. The van der Waals surface area contributed by atoms with Crippen molar-refractivity contribution < 1.29 is 14.7 Å². The molecule has 94 valence electrons. The summed E-state index contributed by atoms with van der Waals surface area (Å²) in [5.41, 5.74) is 0.813. The van der Waals surface area contributed by atoms with Crippen LogP contribution in [0.1, 0.15) is 26.0 Å². The molecule has 0 saturated carbocycles. The normalized spacial score (nSPS) is 12.1. The third-order valence-electron chi connectivity index (χ3n) is 2.33. The van der Waals surface area contributed by atoms with Crippen molar-refractivity contribution in [2.75, 3.05) is 0 Å². The fraction of sp³-hybridized carbons (Fsp3) is 0.545. The summed E-state index contributed by atoms with van der Waals surface area (Å²) in [6.07, 6.45) is 2.80. The summed E-state index contributed by atoms with van der Waals surface area (Å²) < 4.78 is 1.76. The van der Waals surface area contributed by atoms with Crippen LogP contribution in [-0.4, -0.2) is 32.8 Å². The van der Waals surface area contributed by atoms with Crippen LogP contribution in [0, 0.1) is 0 Å². The molecule has 0 radical (unpaired) electrons. The predicted molar refractivity (Wildman–Crippen MR) is 61.5 cm³/mol. The van der Waals surface area contributed by atoms with E-state index in [1.165, 1.54) is 6.92 Å². The second-order valence-electron chi connectivity index (χ2n) is 3.84. The van der Waals surface area contributed by atoms with Gasteiger partial charge in [-0.3, -0.25) is 9.48 Å². The lowest BCUT2D eigenvalue weighted by Gasteiger charge is -2.14. The molecule has 1 unspecified atom stereocenters. The fourth-order valence-corrected chi connectivity index (χ4v) is 1.60. The highest BCUT2D eigenvalue weighted by atomic mass is 16.4. The summed E-state index contributed by atoms with van der Waals surface area (Å²) in [5.74, 6) is -1.39. The number of aryl methyl sites for hydroxylation is 1. The Bertz CT molecular complexity index is 400. The van der Waals surface area contributed by atoms with Crippen LogP contribution in [0.4, 0.5) is 0 Å². The van der Waals surface area contributed by atoms with Gasteiger partial charge < -0.3 is 10.4 Å². The van der Waals surface area contributed by atoms with Crippen molar-refractivity contribution in [3.05, 3.63) is 18.0 Å². The molecule has 0 aliphatic rings. The first-order valence-electron chi connectivity index (χ1n) is 5.55. The van der Waals surface area contributed by atoms with Crippen molar-refractivity contribution in [2.45, 2.75) is 39.3 Å². The van der Waals surface area contributed by atoms with E-state index in [-0.39, 0.29) is 12.3 Å². The number of hydrogen-bond donors (Lipinski definition) is 2. The number of rotatable bonds is 6. The molecule has 6 heteroatoms. The number of carboxylic acid groups (broad SMARTS) is 1. The van der Waals surface area contributed by atoms with Gasteiger partial charge in [0.1, 0.15) is 6.04 Å². The molecule has 1 amide bonds. The van der Waals surface area contributed by atoms with Crippen LogP contribution < -0.4 is 5.32 Å². The highest BCUT2D eigenvalue weighted by Crippen LogP contribution is 2.05. The number of nitrogens with one attached hydrogen (secondary N) is 1. The van der Waals surface area contributed by atoms with Gasteiger partial charge in [-0.25, -0.2) is 4.79 Å². The van der Waals surface area contributed by atoms with E-state index in [9.17, 15) is 9.59 Å². The van der Waals surface area contributed by atoms with Crippen molar-refractivity contribution in [1.29, 1.82) is 0 Å². The average Bonchev–Trinajstić information content (AvgIpc) is 2.64. The Morgan fingerprint density at radius 3 is 2.82 bits per heavy atom. The minimum absolute atomic E-state index is 0.245. The minimum Gasteiger partial charge on any atom is -0.480 e. The first kappa shape index (κ1) is 13.2. The molecule has 2 N–H and O–H groups in total. The highest BCUT2D eigenvalue weighted by molar-refractivity contribution is 5.82. The minimum atomic E-state index is -1.04. The summed E-state index contributed by atoms with van der Waals surface area (Å²) in [5, 5.41) is 15.5. The van der Waals surface area contributed by atoms with Crippen molar-refractivity contribution in [3.8, 4) is 0 Å². The summed E-state index contributed by atoms with van der Waals surface area (Å²) in [6.45, 7) is 4.07. The van der Waals surface area contributed by atoms with Crippen LogP contribution in [0.15, 0.2) is 12.3 Å². The molecule has 6 nitrogen and oxygen atoms in total. The van der Waals surface area contributed by atoms with E-state index in [1.807, 2.05) is 6.92 Å². The van der Waals surface area contributed by atoms with Crippen LogP contribution in [-0.2, 0) is 22.6 Å². The fourth-order valence-electron chi connectivity index (χ4n) is 1.60. The lowest BCUT2D eigenvalue weighted by Crippen LogP contribution is -2.41. The van der Waals surface area contributed by atoms with Gasteiger partial charge in [0.15, 0.2) is 0 Å². The van der Waals surface area contributed by atoms with Gasteiger partial charge in [-0.05, 0) is 12.5 Å². The maximum absolute atomic E-state index is 11.0. The Labute approximate surface area is 99.6 Å². The summed E-state index contributed by atoms with van der Waals surface area (Å²) in [6, 6.07) is 0.868. The second-order valence-corrected chi connectivity index (χ2v) is 3.84. The maximum Gasteiger partial charge on any atom is 0.326 e. The summed E-state index contributed by atoms with van der Waals surface area (Å²) in [4.78, 5) is 21.9. The van der Waals surface area contributed by atoms with Gasteiger partial charge in [0, 0.05) is 31.8 Å². The van der Waals surface area contributed by atoms with Crippen LogP contribution in [0.3, 0.4) is 0 Å². The van der Waals surface area contributed by atoms with E-state index in [1.54, 1.807) is 16.9 Å². The Balaban J connectivity index is 2.74. The number of carboxylic acids is 1. The average molecular weight is 239 g/mol. The molecule has 1 heterocycles. The monoisotopic (exact) mass is 239 g/mol. The molecule has 0 saturated heterocycles. The standard InChI is InChI=1S/C11H17N3O3/c1-3-6-14-9(4-5-12-14)7-10(11(16)17)13-8(2)15/h4-5,10H,3,6-7H2,1-2H3,(H,13,15)(H,16,17). The van der Waals surface area contributed by atoms with E-state index in [0.717, 1.165) is 18.7 Å². The van der Waals surface area contributed by atoms with E-state index >= 15 is 0 Å². The first-order chi connectivity index (χ1) is 8.04. The molecule has 0 aliphatic carbocycles. The van der Waals surface area contributed by atoms with Gasteiger partial charge in [-0.2, -0.15) is 5.10 Å². The summed E-state index contributed by atoms with van der Waals surface area (Å²) >= 11 is 0. The highest BCUT2D eigenvalue weighted by Gasteiger charge is 2.20. The number of aliphatic carboxylic acids is 1. The molecule has 0 aliphatic heterocycles. The van der Waals surface area contributed by atoms with Crippen molar-refractivity contribution >= 4 is 11.9 Å². The molecule has 0 fully saturated rings. The molecule has 1 aromatic rings. The first-order valence-corrected chi connectivity index (χ1v) is 5.55. The van der Waals surface area contributed by atoms with E-state index in [4.69, 9.17) is 5.11 Å². The topological polar surface area (TPSA) is 84.2 Å². The van der Waals surface area contributed by atoms with Crippen molar-refractivity contribution in [1.82, 2.24) is 15.1 Å². The smallest absolute Gasteiger partial charge is 0.326 e. The van der Waals surface area contributed by atoms with Crippen molar-refractivity contribution in [2.24, 2.45) is 0 Å². The molecule has 0 bridgehead atoms. The maximum atomic E-state index is 11.0. The van der Waals surface area contributed by atoms with Gasteiger partial charge in [-0.15, -0.1) is 0 Å². The molecule has 17 heavy (non-hydrogen) atoms. The Kier molecular flexibility index (Phi) is 4.68. The van der Waals surface area contributed by atoms with Crippen LogP contribution in [0.2, 0.25) is 0 Å². The van der Waals surface area contributed by atoms with Crippen molar-refractivity contribution in [3.63, 3.8) is 0 Å². The van der Waals surface area contributed by atoms with Gasteiger partial charge >= 0.3 is 5.97 Å². The van der Waals surface area contributed by atoms with Gasteiger partial charge in [-0.1, -0.05) is 6.92 Å². The molecule has 1 rings (SSSR count).